The number of likely N-dealkylation sites (N-methyl/N-ethyl adjacent to an activating group) is 1. The number of carbonyl (C=O) groups is 1. The van der Waals surface area contributed by atoms with Crippen LogP contribution >= 0.6 is 27.5 Å². The maximum Gasteiger partial charge on any atom is 0.262 e. The summed E-state index contributed by atoms with van der Waals surface area (Å²) in [6.45, 7) is 1.32. The Bertz CT molecular complexity index is 904. The number of nitrogens with zero attached hydrogens (tertiary/aromatic N) is 2. The molecule has 3 rings (SSSR count). The zero-order valence-electron chi connectivity index (χ0n) is 14.0. The molecule has 0 aliphatic rings. The lowest BCUT2D eigenvalue weighted by Gasteiger charge is -2.10. The fourth-order valence-electron chi connectivity index (χ4n) is 2.52. The number of carbonyl (C=O) groups excluding carboxylic acids is 1. The van der Waals surface area contributed by atoms with Gasteiger partial charge in [0.1, 0.15) is 12.4 Å². The number of aromatic nitrogens is 1. The van der Waals surface area contributed by atoms with E-state index in [2.05, 4.69) is 15.9 Å². The number of hydrogen-bond donors (Lipinski definition) is 0. The van der Waals surface area contributed by atoms with Crippen LogP contribution in [0.1, 0.15) is 10.4 Å². The molecule has 0 saturated heterocycles. The van der Waals surface area contributed by atoms with Gasteiger partial charge in [0.2, 0.25) is 0 Å². The minimum atomic E-state index is -0.109. The van der Waals surface area contributed by atoms with E-state index in [1.165, 1.54) is 0 Å². The van der Waals surface area contributed by atoms with E-state index in [4.69, 9.17) is 16.3 Å². The molecule has 4 nitrogen and oxygen atoms in total. The zero-order chi connectivity index (χ0) is 18.0. The summed E-state index contributed by atoms with van der Waals surface area (Å²) >= 11 is 9.52. The predicted octanol–water partition coefficient (Wildman–Crippen LogP) is 4.69. The summed E-state index contributed by atoms with van der Waals surface area (Å²) in [5.74, 6) is 0.548. The Hall–Kier alpha value is -1.82. The van der Waals surface area contributed by atoms with Crippen molar-refractivity contribution in [2.75, 3.05) is 27.2 Å². The molecule has 2 aromatic carbocycles. The number of hydrogen-bond acceptors (Lipinski definition) is 3. The molecule has 0 aliphatic carbocycles. The maximum atomic E-state index is 12.9. The van der Waals surface area contributed by atoms with Crippen LogP contribution in [0.15, 0.2) is 53.1 Å². The van der Waals surface area contributed by atoms with Crippen LogP contribution in [0.5, 0.6) is 5.75 Å². The molecule has 0 saturated carbocycles. The van der Waals surface area contributed by atoms with Crippen molar-refractivity contribution in [3.63, 3.8) is 0 Å². The molecule has 0 N–H and O–H groups in total. The predicted molar refractivity (Wildman–Crippen MR) is 105 cm³/mol. The van der Waals surface area contributed by atoms with E-state index in [1.54, 1.807) is 29.0 Å². The molecule has 0 fully saturated rings. The Morgan fingerprint density at radius 2 is 1.92 bits per heavy atom. The van der Waals surface area contributed by atoms with E-state index in [0.29, 0.717) is 22.9 Å². The van der Waals surface area contributed by atoms with Gasteiger partial charge < -0.3 is 9.64 Å². The third-order valence-electron chi connectivity index (χ3n) is 3.84. The standard InChI is InChI=1S/C19H18BrClN2O2/c1-22(2)9-10-25-18-12-23(17-8-7-15(21)11-16(17)18)19(24)13-3-5-14(20)6-4-13/h3-8,11-12H,9-10H2,1-2H3. The topological polar surface area (TPSA) is 34.5 Å². The lowest BCUT2D eigenvalue weighted by molar-refractivity contribution is 0.0964. The SMILES string of the molecule is CN(C)CCOc1cn(C(=O)c2ccc(Br)cc2)c2ccc(Cl)cc12. The molecule has 0 aliphatic heterocycles. The summed E-state index contributed by atoms with van der Waals surface area (Å²) in [6.07, 6.45) is 1.74. The molecule has 1 aromatic heterocycles. The molecule has 1 heterocycles. The summed E-state index contributed by atoms with van der Waals surface area (Å²) < 4.78 is 8.43. The minimum Gasteiger partial charge on any atom is -0.490 e. The van der Waals surface area contributed by atoms with Crippen molar-refractivity contribution in [1.82, 2.24) is 9.47 Å². The molecule has 0 radical (unpaired) electrons. The second-order valence-corrected chi connectivity index (χ2v) is 7.34. The van der Waals surface area contributed by atoms with Gasteiger partial charge in [-0.3, -0.25) is 9.36 Å². The highest BCUT2D eigenvalue weighted by molar-refractivity contribution is 9.10. The third-order valence-corrected chi connectivity index (χ3v) is 4.60. The highest BCUT2D eigenvalue weighted by atomic mass is 79.9. The zero-order valence-corrected chi connectivity index (χ0v) is 16.3. The minimum absolute atomic E-state index is 0.109. The van der Waals surface area contributed by atoms with Crippen molar-refractivity contribution in [1.29, 1.82) is 0 Å². The summed E-state index contributed by atoms with van der Waals surface area (Å²) in [7, 11) is 3.97. The van der Waals surface area contributed by atoms with Gasteiger partial charge in [-0.1, -0.05) is 27.5 Å². The lowest BCUT2D eigenvalue weighted by atomic mass is 10.2. The number of halogens is 2. The first-order valence-corrected chi connectivity index (χ1v) is 9.01. The van der Waals surface area contributed by atoms with Crippen LogP contribution in [0.4, 0.5) is 0 Å². The van der Waals surface area contributed by atoms with Crippen molar-refractivity contribution in [2.45, 2.75) is 0 Å². The van der Waals surface area contributed by atoms with E-state index in [-0.39, 0.29) is 5.91 Å². The van der Waals surface area contributed by atoms with Gasteiger partial charge in [0.25, 0.3) is 5.91 Å². The fourth-order valence-corrected chi connectivity index (χ4v) is 2.96. The Morgan fingerprint density at radius 1 is 1.20 bits per heavy atom. The summed E-state index contributed by atoms with van der Waals surface area (Å²) in [5.41, 5.74) is 1.38. The first kappa shape index (κ1) is 18.0. The molecule has 25 heavy (non-hydrogen) atoms. The van der Waals surface area contributed by atoms with Crippen LogP contribution in [0.25, 0.3) is 10.9 Å². The Kier molecular flexibility index (Phi) is 5.47. The third kappa shape index (κ3) is 4.06. The van der Waals surface area contributed by atoms with Gasteiger partial charge in [0, 0.05) is 27.0 Å². The van der Waals surface area contributed by atoms with Gasteiger partial charge in [0.05, 0.1) is 11.7 Å². The van der Waals surface area contributed by atoms with E-state index < -0.39 is 0 Å². The van der Waals surface area contributed by atoms with Crippen LogP contribution in [0.2, 0.25) is 5.02 Å². The summed E-state index contributed by atoms with van der Waals surface area (Å²) in [4.78, 5) is 14.9. The lowest BCUT2D eigenvalue weighted by Crippen LogP contribution is -2.19. The van der Waals surface area contributed by atoms with E-state index in [9.17, 15) is 4.79 Å². The Morgan fingerprint density at radius 3 is 2.60 bits per heavy atom. The molecule has 130 valence electrons. The average molecular weight is 422 g/mol. The van der Waals surface area contributed by atoms with Gasteiger partial charge in [-0.25, -0.2) is 0 Å². The number of fused-ring (bicyclic) bond motifs is 1. The Balaban J connectivity index is 2.00. The van der Waals surface area contributed by atoms with Gasteiger partial charge in [-0.2, -0.15) is 0 Å². The average Bonchev–Trinajstić information content (AvgIpc) is 2.92. The van der Waals surface area contributed by atoms with Crippen LogP contribution in [0.3, 0.4) is 0 Å². The molecular formula is C19H18BrClN2O2. The molecule has 6 heteroatoms. The highest BCUT2D eigenvalue weighted by Crippen LogP contribution is 2.31. The van der Waals surface area contributed by atoms with Gasteiger partial charge in [-0.15, -0.1) is 0 Å². The van der Waals surface area contributed by atoms with Crippen molar-refractivity contribution in [3.05, 3.63) is 63.7 Å². The molecule has 0 unspecified atom stereocenters. The molecular weight excluding hydrogens is 404 g/mol. The van der Waals surface area contributed by atoms with Crippen LogP contribution in [-0.4, -0.2) is 42.6 Å². The van der Waals surface area contributed by atoms with E-state index in [1.807, 2.05) is 43.3 Å². The smallest absolute Gasteiger partial charge is 0.262 e. The molecule has 0 atom stereocenters. The molecule has 3 aromatic rings. The first-order valence-electron chi connectivity index (χ1n) is 7.84. The second-order valence-electron chi connectivity index (χ2n) is 5.99. The van der Waals surface area contributed by atoms with Crippen LogP contribution in [0, 0.1) is 0 Å². The number of benzene rings is 2. The number of ether oxygens (including phenoxy) is 1. The number of rotatable bonds is 5. The van der Waals surface area contributed by atoms with Crippen LogP contribution < -0.4 is 4.74 Å². The van der Waals surface area contributed by atoms with Gasteiger partial charge in [-0.05, 0) is 56.6 Å². The van der Waals surface area contributed by atoms with Crippen molar-refractivity contribution < 1.29 is 9.53 Å². The van der Waals surface area contributed by atoms with Gasteiger partial charge >= 0.3 is 0 Å². The monoisotopic (exact) mass is 420 g/mol. The van der Waals surface area contributed by atoms with Crippen molar-refractivity contribution in [3.8, 4) is 5.75 Å². The summed E-state index contributed by atoms with van der Waals surface area (Å²) in [6, 6.07) is 12.7. The summed E-state index contributed by atoms with van der Waals surface area (Å²) in [5, 5.41) is 1.44. The van der Waals surface area contributed by atoms with Crippen molar-refractivity contribution in [2.24, 2.45) is 0 Å². The normalized spacial score (nSPS) is 11.2. The quantitative estimate of drug-likeness (QED) is 0.599. The van der Waals surface area contributed by atoms with E-state index in [0.717, 1.165) is 21.9 Å². The fraction of sp³-hybridized carbons (Fsp3) is 0.211. The van der Waals surface area contributed by atoms with E-state index >= 15 is 0 Å². The molecule has 0 bridgehead atoms. The van der Waals surface area contributed by atoms with Crippen LogP contribution in [-0.2, 0) is 0 Å². The van der Waals surface area contributed by atoms with Crippen molar-refractivity contribution >= 4 is 44.3 Å². The highest BCUT2D eigenvalue weighted by Gasteiger charge is 2.16. The Labute approximate surface area is 160 Å². The largest absolute Gasteiger partial charge is 0.490 e. The molecule has 0 amide bonds. The second kappa shape index (κ2) is 7.60. The first-order chi connectivity index (χ1) is 12.0. The maximum absolute atomic E-state index is 12.9. The molecule has 0 spiro atoms. The van der Waals surface area contributed by atoms with Gasteiger partial charge in [0.15, 0.2) is 0 Å².